The summed E-state index contributed by atoms with van der Waals surface area (Å²) in [6, 6.07) is 15.1. The Morgan fingerprint density at radius 1 is 1.14 bits per heavy atom. The minimum atomic E-state index is 0.0513. The molecule has 0 radical (unpaired) electrons. The maximum absolute atomic E-state index is 12.7. The zero-order chi connectivity index (χ0) is 19.5. The highest BCUT2D eigenvalue weighted by molar-refractivity contribution is 9.10. The molecular weight excluding hydrogens is 422 g/mol. The second-order valence-corrected chi connectivity index (χ2v) is 7.59. The molecule has 0 unspecified atom stereocenters. The van der Waals surface area contributed by atoms with E-state index >= 15 is 0 Å². The molecule has 0 N–H and O–H groups in total. The highest BCUT2D eigenvalue weighted by atomic mass is 79.9. The second kappa shape index (κ2) is 8.14. The molecule has 4 rings (SSSR count). The van der Waals surface area contributed by atoms with Crippen LogP contribution in [-0.2, 0) is 0 Å². The Balaban J connectivity index is 1.41. The third-order valence-electron chi connectivity index (χ3n) is 5.03. The Morgan fingerprint density at radius 2 is 1.86 bits per heavy atom. The minimum Gasteiger partial charge on any atom is -0.497 e. The number of carbonyl (C=O) groups is 1. The van der Waals surface area contributed by atoms with Crippen LogP contribution < -0.4 is 4.74 Å². The van der Waals surface area contributed by atoms with Crippen LogP contribution in [0.25, 0.3) is 11.4 Å². The molecule has 0 aliphatic carbocycles. The van der Waals surface area contributed by atoms with Gasteiger partial charge in [-0.3, -0.25) is 4.79 Å². The molecule has 0 atom stereocenters. The van der Waals surface area contributed by atoms with Gasteiger partial charge in [-0.25, -0.2) is 0 Å². The van der Waals surface area contributed by atoms with Gasteiger partial charge in [0.2, 0.25) is 11.7 Å². The van der Waals surface area contributed by atoms with Crippen LogP contribution in [0.4, 0.5) is 0 Å². The van der Waals surface area contributed by atoms with Gasteiger partial charge in [0.05, 0.1) is 12.7 Å². The number of aromatic nitrogens is 2. The van der Waals surface area contributed by atoms with Crippen molar-refractivity contribution in [1.82, 2.24) is 15.0 Å². The molecule has 28 heavy (non-hydrogen) atoms. The Labute approximate surface area is 171 Å². The topological polar surface area (TPSA) is 68.5 Å². The molecule has 144 valence electrons. The van der Waals surface area contributed by atoms with E-state index in [4.69, 9.17) is 9.26 Å². The van der Waals surface area contributed by atoms with E-state index in [1.165, 1.54) is 0 Å². The number of piperidine rings is 1. The van der Waals surface area contributed by atoms with E-state index in [0.29, 0.717) is 30.4 Å². The van der Waals surface area contributed by atoms with Gasteiger partial charge in [0, 0.05) is 29.0 Å². The third kappa shape index (κ3) is 3.80. The fourth-order valence-corrected chi connectivity index (χ4v) is 3.85. The molecule has 2 heterocycles. The number of nitrogens with zero attached hydrogens (tertiary/aromatic N) is 3. The standard InChI is InChI=1S/C21H20BrN3O3/c1-27-16-8-6-14(7-9-16)19-23-20(28-24-19)15-10-12-25(13-11-15)21(26)17-4-2-3-5-18(17)22/h2-9,15H,10-13H2,1H3. The maximum atomic E-state index is 12.7. The highest BCUT2D eigenvalue weighted by Crippen LogP contribution is 2.30. The van der Waals surface area contributed by atoms with Crippen LogP contribution in [0.15, 0.2) is 57.5 Å². The zero-order valence-electron chi connectivity index (χ0n) is 15.5. The predicted octanol–water partition coefficient (Wildman–Crippen LogP) is 4.53. The normalized spacial score (nSPS) is 14.9. The van der Waals surface area contributed by atoms with Crippen LogP contribution in [0.2, 0.25) is 0 Å². The summed E-state index contributed by atoms with van der Waals surface area (Å²) in [6.07, 6.45) is 1.61. The smallest absolute Gasteiger partial charge is 0.254 e. The van der Waals surface area contributed by atoms with E-state index < -0.39 is 0 Å². The van der Waals surface area contributed by atoms with E-state index in [1.807, 2.05) is 53.4 Å². The number of hydrogen-bond acceptors (Lipinski definition) is 5. The van der Waals surface area contributed by atoms with Crippen molar-refractivity contribution in [1.29, 1.82) is 0 Å². The van der Waals surface area contributed by atoms with Crippen molar-refractivity contribution in [3.8, 4) is 17.1 Å². The van der Waals surface area contributed by atoms with Crippen molar-refractivity contribution in [3.05, 3.63) is 64.5 Å². The first-order valence-electron chi connectivity index (χ1n) is 9.17. The van der Waals surface area contributed by atoms with Crippen LogP contribution in [0, 0.1) is 0 Å². The average Bonchev–Trinajstić information content (AvgIpc) is 3.24. The first-order chi connectivity index (χ1) is 13.7. The third-order valence-corrected chi connectivity index (χ3v) is 5.72. The summed E-state index contributed by atoms with van der Waals surface area (Å²) in [4.78, 5) is 19.2. The lowest BCUT2D eigenvalue weighted by atomic mass is 9.96. The molecule has 1 fully saturated rings. The van der Waals surface area contributed by atoms with Crippen LogP contribution in [0.3, 0.4) is 0 Å². The summed E-state index contributed by atoms with van der Waals surface area (Å²) in [5, 5.41) is 4.12. The quantitative estimate of drug-likeness (QED) is 0.594. The average molecular weight is 442 g/mol. The monoisotopic (exact) mass is 441 g/mol. The molecular formula is C21H20BrN3O3. The summed E-state index contributed by atoms with van der Waals surface area (Å²) in [6.45, 7) is 1.34. The summed E-state index contributed by atoms with van der Waals surface area (Å²) in [5.74, 6) is 2.22. The predicted molar refractivity (Wildman–Crippen MR) is 108 cm³/mol. The van der Waals surface area contributed by atoms with Gasteiger partial charge in [-0.05, 0) is 65.2 Å². The lowest BCUT2D eigenvalue weighted by molar-refractivity contribution is 0.0703. The molecule has 0 spiro atoms. The number of methoxy groups -OCH3 is 1. The molecule has 6 nitrogen and oxygen atoms in total. The molecule has 1 aliphatic rings. The van der Waals surface area contributed by atoms with E-state index in [2.05, 4.69) is 26.1 Å². The number of rotatable bonds is 4. The van der Waals surface area contributed by atoms with Crippen LogP contribution in [0.1, 0.15) is 35.0 Å². The zero-order valence-corrected chi connectivity index (χ0v) is 17.1. The lowest BCUT2D eigenvalue weighted by Gasteiger charge is -2.30. The molecule has 0 bridgehead atoms. The summed E-state index contributed by atoms with van der Waals surface area (Å²) in [7, 11) is 1.63. The minimum absolute atomic E-state index is 0.0513. The van der Waals surface area contributed by atoms with Gasteiger partial charge in [-0.2, -0.15) is 4.98 Å². The summed E-state index contributed by atoms with van der Waals surface area (Å²) in [5.41, 5.74) is 1.58. The van der Waals surface area contributed by atoms with E-state index in [1.54, 1.807) is 7.11 Å². The van der Waals surface area contributed by atoms with Crippen LogP contribution in [0.5, 0.6) is 5.75 Å². The highest BCUT2D eigenvalue weighted by Gasteiger charge is 2.28. The van der Waals surface area contributed by atoms with Crippen molar-refractivity contribution in [2.45, 2.75) is 18.8 Å². The Morgan fingerprint density at radius 3 is 2.54 bits per heavy atom. The number of carbonyl (C=O) groups excluding carboxylic acids is 1. The first-order valence-corrected chi connectivity index (χ1v) is 9.97. The number of likely N-dealkylation sites (tertiary alicyclic amines) is 1. The maximum Gasteiger partial charge on any atom is 0.254 e. The molecule has 1 aromatic heterocycles. The molecule has 0 saturated carbocycles. The largest absolute Gasteiger partial charge is 0.497 e. The number of ether oxygens (including phenoxy) is 1. The number of hydrogen-bond donors (Lipinski definition) is 0. The fourth-order valence-electron chi connectivity index (χ4n) is 3.39. The van der Waals surface area contributed by atoms with E-state index in [0.717, 1.165) is 28.6 Å². The van der Waals surface area contributed by atoms with E-state index in [-0.39, 0.29) is 11.8 Å². The number of benzene rings is 2. The molecule has 1 saturated heterocycles. The van der Waals surface area contributed by atoms with E-state index in [9.17, 15) is 4.79 Å². The SMILES string of the molecule is COc1ccc(-c2noc(C3CCN(C(=O)c4ccccc4Br)CC3)n2)cc1. The first kappa shape index (κ1) is 18.7. The second-order valence-electron chi connectivity index (χ2n) is 6.73. The summed E-state index contributed by atoms with van der Waals surface area (Å²) < 4.78 is 11.5. The fraction of sp³-hybridized carbons (Fsp3) is 0.286. The molecule has 1 aliphatic heterocycles. The summed E-state index contributed by atoms with van der Waals surface area (Å²) >= 11 is 3.46. The number of amides is 1. The van der Waals surface area contributed by atoms with Gasteiger partial charge in [0.25, 0.3) is 5.91 Å². The van der Waals surface area contributed by atoms with Gasteiger partial charge in [0.1, 0.15) is 5.75 Å². The number of halogens is 1. The van der Waals surface area contributed by atoms with Gasteiger partial charge in [0.15, 0.2) is 0 Å². The lowest BCUT2D eigenvalue weighted by Crippen LogP contribution is -2.38. The van der Waals surface area contributed by atoms with Crippen LogP contribution in [-0.4, -0.2) is 41.1 Å². The Hall–Kier alpha value is -2.67. The van der Waals surface area contributed by atoms with Gasteiger partial charge < -0.3 is 14.2 Å². The van der Waals surface area contributed by atoms with Gasteiger partial charge >= 0.3 is 0 Å². The molecule has 3 aromatic rings. The van der Waals surface area contributed by atoms with Gasteiger partial charge in [-0.1, -0.05) is 17.3 Å². The van der Waals surface area contributed by atoms with Crippen molar-refractivity contribution >= 4 is 21.8 Å². The van der Waals surface area contributed by atoms with Crippen molar-refractivity contribution in [2.24, 2.45) is 0 Å². The van der Waals surface area contributed by atoms with Crippen molar-refractivity contribution in [2.75, 3.05) is 20.2 Å². The van der Waals surface area contributed by atoms with Crippen molar-refractivity contribution < 1.29 is 14.1 Å². The Kier molecular flexibility index (Phi) is 5.43. The van der Waals surface area contributed by atoms with Gasteiger partial charge in [-0.15, -0.1) is 0 Å². The van der Waals surface area contributed by atoms with Crippen LogP contribution >= 0.6 is 15.9 Å². The Bertz CT molecular complexity index is 963. The molecule has 1 amide bonds. The van der Waals surface area contributed by atoms with Crippen molar-refractivity contribution in [3.63, 3.8) is 0 Å². The molecule has 7 heteroatoms. The molecule has 2 aromatic carbocycles.